The highest BCUT2D eigenvalue weighted by atomic mass is 32.2. The van der Waals surface area contributed by atoms with Crippen LogP contribution in [0.2, 0.25) is 0 Å². The summed E-state index contributed by atoms with van der Waals surface area (Å²) in [5.41, 5.74) is 1.54. The molecule has 21 heavy (non-hydrogen) atoms. The van der Waals surface area contributed by atoms with Crippen molar-refractivity contribution in [2.75, 3.05) is 11.4 Å². The predicted molar refractivity (Wildman–Crippen MR) is 85.8 cm³/mol. The van der Waals surface area contributed by atoms with Gasteiger partial charge in [-0.3, -0.25) is 9.59 Å². The van der Waals surface area contributed by atoms with E-state index in [1.807, 2.05) is 12.1 Å². The van der Waals surface area contributed by atoms with Crippen LogP contribution >= 0.6 is 11.8 Å². The smallest absolute Gasteiger partial charge is 0.228 e. The van der Waals surface area contributed by atoms with Gasteiger partial charge in [-0.05, 0) is 23.1 Å². The highest BCUT2D eigenvalue weighted by molar-refractivity contribution is 8.14. The summed E-state index contributed by atoms with van der Waals surface area (Å²) in [6.07, 6.45) is 0.337. The van der Waals surface area contributed by atoms with E-state index in [0.717, 1.165) is 5.56 Å². The average molecular weight is 307 g/mol. The average Bonchev–Trinajstić information content (AvgIpc) is 2.68. The minimum atomic E-state index is -0.0568. The standard InChI is InChI=1S/C16H21NO3S/c1-10(18)21-12-8-15(20)17(9-12)13-7-11(16(2,3)4)5-6-14(13)19/h5-7,12,19H,8-9H2,1-4H3. The number of rotatable bonds is 2. The fourth-order valence-corrected chi connectivity index (χ4v) is 3.35. The third-order valence-corrected chi connectivity index (χ3v) is 4.54. The Morgan fingerprint density at radius 3 is 2.62 bits per heavy atom. The number of anilines is 1. The second kappa shape index (κ2) is 5.72. The summed E-state index contributed by atoms with van der Waals surface area (Å²) in [6, 6.07) is 5.38. The highest BCUT2D eigenvalue weighted by Gasteiger charge is 2.33. The Morgan fingerprint density at radius 2 is 2.05 bits per heavy atom. The van der Waals surface area contributed by atoms with Crippen molar-refractivity contribution in [3.8, 4) is 5.75 Å². The fourth-order valence-electron chi connectivity index (χ4n) is 2.43. The maximum absolute atomic E-state index is 12.2. The van der Waals surface area contributed by atoms with Crippen molar-refractivity contribution < 1.29 is 14.7 Å². The van der Waals surface area contributed by atoms with Gasteiger partial charge in [0.15, 0.2) is 5.12 Å². The molecule has 0 radical (unpaired) electrons. The molecule has 1 N–H and O–H groups in total. The first-order valence-corrected chi connectivity index (χ1v) is 7.87. The Morgan fingerprint density at radius 1 is 1.38 bits per heavy atom. The first-order valence-electron chi connectivity index (χ1n) is 6.99. The molecule has 0 saturated carbocycles. The van der Waals surface area contributed by atoms with Gasteiger partial charge in [0.05, 0.1) is 5.69 Å². The molecule has 1 fully saturated rings. The predicted octanol–water partition coefficient (Wildman–Crippen LogP) is 3.07. The molecule has 2 rings (SSSR count). The van der Waals surface area contributed by atoms with Crippen LogP contribution in [0.1, 0.15) is 39.7 Å². The van der Waals surface area contributed by atoms with Crippen LogP contribution in [0.25, 0.3) is 0 Å². The lowest BCUT2D eigenvalue weighted by Gasteiger charge is -2.23. The van der Waals surface area contributed by atoms with Gasteiger partial charge >= 0.3 is 0 Å². The van der Waals surface area contributed by atoms with Crippen LogP contribution in [0.15, 0.2) is 18.2 Å². The fraction of sp³-hybridized carbons (Fsp3) is 0.500. The maximum Gasteiger partial charge on any atom is 0.228 e. The van der Waals surface area contributed by atoms with Crippen LogP contribution in [-0.2, 0) is 15.0 Å². The van der Waals surface area contributed by atoms with Crippen LogP contribution in [0.4, 0.5) is 5.69 Å². The van der Waals surface area contributed by atoms with Gasteiger partial charge in [0.1, 0.15) is 5.75 Å². The van der Waals surface area contributed by atoms with Crippen LogP contribution in [0.5, 0.6) is 5.75 Å². The van der Waals surface area contributed by atoms with Gasteiger partial charge in [-0.2, -0.15) is 0 Å². The zero-order chi connectivity index (χ0) is 15.8. The molecule has 1 aliphatic heterocycles. The van der Waals surface area contributed by atoms with Crippen LogP contribution in [-0.4, -0.2) is 27.9 Å². The van der Waals surface area contributed by atoms with Crippen LogP contribution in [0, 0.1) is 0 Å². The molecular weight excluding hydrogens is 286 g/mol. The van der Waals surface area contributed by atoms with Crippen LogP contribution < -0.4 is 4.90 Å². The van der Waals surface area contributed by atoms with E-state index in [9.17, 15) is 14.7 Å². The number of amides is 1. The first-order chi connectivity index (χ1) is 9.68. The zero-order valence-corrected chi connectivity index (χ0v) is 13.7. The number of hydrogen-bond donors (Lipinski definition) is 1. The molecule has 5 heteroatoms. The largest absolute Gasteiger partial charge is 0.506 e. The van der Waals surface area contributed by atoms with Gasteiger partial charge < -0.3 is 10.0 Å². The Kier molecular flexibility index (Phi) is 4.33. The van der Waals surface area contributed by atoms with E-state index < -0.39 is 0 Å². The summed E-state index contributed by atoms with van der Waals surface area (Å²) < 4.78 is 0. The quantitative estimate of drug-likeness (QED) is 0.912. The van der Waals surface area contributed by atoms with Gasteiger partial charge in [0.2, 0.25) is 5.91 Å². The number of thioether (sulfide) groups is 1. The van der Waals surface area contributed by atoms with E-state index in [1.54, 1.807) is 11.0 Å². The topological polar surface area (TPSA) is 57.6 Å². The molecule has 1 saturated heterocycles. The summed E-state index contributed by atoms with van der Waals surface area (Å²) in [5, 5.41) is 10.1. The Labute approximate surface area is 129 Å². The number of phenols is 1. The van der Waals surface area contributed by atoms with Gasteiger partial charge in [-0.25, -0.2) is 0 Å². The van der Waals surface area contributed by atoms with Gasteiger partial charge in [-0.1, -0.05) is 38.6 Å². The monoisotopic (exact) mass is 307 g/mol. The van der Waals surface area contributed by atoms with E-state index in [0.29, 0.717) is 18.7 Å². The first kappa shape index (κ1) is 15.9. The lowest BCUT2D eigenvalue weighted by atomic mass is 9.86. The molecule has 1 atom stereocenters. The molecule has 1 unspecified atom stereocenters. The second-order valence-corrected chi connectivity index (χ2v) is 7.87. The molecule has 1 aromatic rings. The normalized spacial score (nSPS) is 19.1. The molecule has 1 aromatic carbocycles. The van der Waals surface area contributed by atoms with Crippen molar-refractivity contribution >= 4 is 28.5 Å². The molecule has 0 aliphatic carbocycles. The van der Waals surface area contributed by atoms with Gasteiger partial charge in [-0.15, -0.1) is 0 Å². The number of nitrogens with zero attached hydrogens (tertiary/aromatic N) is 1. The summed E-state index contributed by atoms with van der Waals surface area (Å²) in [6.45, 7) is 8.23. The number of carbonyl (C=O) groups is 2. The van der Waals surface area contributed by atoms with Gasteiger partial charge in [0.25, 0.3) is 0 Å². The lowest BCUT2D eigenvalue weighted by molar-refractivity contribution is -0.117. The number of carbonyl (C=O) groups excluding carboxylic acids is 2. The molecular formula is C16H21NO3S. The van der Waals surface area contributed by atoms with E-state index in [-0.39, 0.29) is 27.4 Å². The van der Waals surface area contributed by atoms with Crippen LogP contribution in [0.3, 0.4) is 0 Å². The van der Waals surface area contributed by atoms with Gasteiger partial charge in [0, 0.05) is 25.1 Å². The van der Waals surface area contributed by atoms with Crippen molar-refractivity contribution in [3.63, 3.8) is 0 Å². The van der Waals surface area contributed by atoms with E-state index in [2.05, 4.69) is 20.8 Å². The summed E-state index contributed by atoms with van der Waals surface area (Å²) in [4.78, 5) is 24.9. The Hall–Kier alpha value is -1.49. The maximum atomic E-state index is 12.2. The lowest BCUT2D eigenvalue weighted by Crippen LogP contribution is -2.25. The van der Waals surface area contributed by atoms with Crippen molar-refractivity contribution in [1.29, 1.82) is 0 Å². The number of hydrogen-bond acceptors (Lipinski definition) is 4. The van der Waals surface area contributed by atoms with E-state index in [4.69, 9.17) is 0 Å². The highest BCUT2D eigenvalue weighted by Crippen LogP contribution is 2.37. The second-order valence-electron chi connectivity index (χ2n) is 6.39. The van der Waals surface area contributed by atoms with Crippen molar-refractivity contribution in [3.05, 3.63) is 23.8 Å². The molecule has 0 spiro atoms. The van der Waals surface area contributed by atoms with E-state index in [1.165, 1.54) is 18.7 Å². The van der Waals surface area contributed by atoms with E-state index >= 15 is 0 Å². The third kappa shape index (κ3) is 3.59. The zero-order valence-electron chi connectivity index (χ0n) is 12.8. The number of aromatic hydroxyl groups is 1. The van der Waals surface area contributed by atoms with Crippen molar-refractivity contribution in [2.45, 2.75) is 44.8 Å². The molecule has 1 amide bonds. The third-order valence-electron chi connectivity index (χ3n) is 3.55. The molecule has 114 valence electrons. The van der Waals surface area contributed by atoms with Crippen molar-refractivity contribution in [1.82, 2.24) is 0 Å². The molecule has 1 aliphatic rings. The minimum Gasteiger partial charge on any atom is -0.506 e. The molecule has 1 heterocycles. The minimum absolute atomic E-state index is 0.0160. The molecule has 0 bridgehead atoms. The number of phenolic OH excluding ortho intramolecular Hbond substituents is 1. The molecule has 4 nitrogen and oxygen atoms in total. The summed E-state index contributed by atoms with van der Waals surface area (Å²) in [7, 11) is 0. The molecule has 0 aromatic heterocycles. The Bertz CT molecular complexity index is 577. The summed E-state index contributed by atoms with van der Waals surface area (Å²) in [5.74, 6) is 0.0555. The number of benzene rings is 1. The van der Waals surface area contributed by atoms with Crippen molar-refractivity contribution in [2.24, 2.45) is 0 Å². The Balaban J connectivity index is 2.29. The SMILES string of the molecule is CC(=O)SC1CC(=O)N(c2cc(C(C)(C)C)ccc2O)C1. The summed E-state index contributed by atoms with van der Waals surface area (Å²) >= 11 is 1.20.